The van der Waals surface area contributed by atoms with Crippen LogP contribution in [0.3, 0.4) is 0 Å². The molecular formula is C7H6F3NO2S. The summed E-state index contributed by atoms with van der Waals surface area (Å²) >= 11 is 0.322. The molecule has 0 bridgehead atoms. The molecular weight excluding hydrogens is 219 g/mol. The molecule has 0 aromatic carbocycles. The number of ether oxygens (including phenoxy) is 1. The highest BCUT2D eigenvalue weighted by atomic mass is 32.1. The summed E-state index contributed by atoms with van der Waals surface area (Å²) in [6.45, 7) is -0.237. The van der Waals surface area contributed by atoms with Crippen molar-refractivity contribution in [2.24, 2.45) is 0 Å². The van der Waals surface area contributed by atoms with Crippen molar-refractivity contribution >= 4 is 17.1 Å². The van der Waals surface area contributed by atoms with E-state index in [0.717, 1.165) is 6.20 Å². The smallest absolute Gasteiger partial charge is 0.376 e. The second-order valence-electron chi connectivity index (χ2n) is 2.38. The van der Waals surface area contributed by atoms with Gasteiger partial charge in [-0.1, -0.05) is 0 Å². The van der Waals surface area contributed by atoms with Crippen LogP contribution >= 0.6 is 11.3 Å². The predicted octanol–water partition coefficient (Wildman–Crippen LogP) is 1.99. The molecule has 78 valence electrons. The van der Waals surface area contributed by atoms with Crippen LogP contribution in [-0.4, -0.2) is 24.5 Å². The number of Topliss-reactive ketones (excluding diaryl/α,β-unsaturated/α-hetero) is 1. The van der Waals surface area contributed by atoms with Gasteiger partial charge in [0.15, 0.2) is 10.8 Å². The number of hydrogen-bond acceptors (Lipinski definition) is 4. The third-order valence-corrected chi connectivity index (χ3v) is 2.38. The van der Waals surface area contributed by atoms with Gasteiger partial charge < -0.3 is 4.74 Å². The van der Waals surface area contributed by atoms with E-state index in [1.807, 2.05) is 0 Å². The van der Waals surface area contributed by atoms with Crippen LogP contribution in [-0.2, 0) is 10.9 Å². The molecule has 7 heteroatoms. The first-order chi connectivity index (χ1) is 6.45. The molecule has 3 nitrogen and oxygen atoms in total. The Hall–Kier alpha value is -0.950. The van der Waals surface area contributed by atoms with E-state index in [2.05, 4.69) is 9.72 Å². The van der Waals surface area contributed by atoms with Gasteiger partial charge in [-0.25, -0.2) is 4.98 Å². The number of methoxy groups -OCH3 is 1. The molecule has 1 heterocycles. The molecule has 0 unspecified atom stereocenters. The molecule has 0 aliphatic carbocycles. The normalized spacial score (nSPS) is 11.7. The summed E-state index contributed by atoms with van der Waals surface area (Å²) in [5.41, 5.74) is 0. The molecule has 0 saturated heterocycles. The summed E-state index contributed by atoms with van der Waals surface area (Å²) in [5.74, 6) is -0.500. The standard InChI is InChI=1S/C7H6F3NO2S/c1-13-3-4(12)5-2-11-6(14-5)7(8,9)10/h2H,3H2,1H3. The monoisotopic (exact) mass is 225 g/mol. The van der Waals surface area contributed by atoms with E-state index in [1.54, 1.807) is 0 Å². The maximum atomic E-state index is 12.1. The van der Waals surface area contributed by atoms with Gasteiger partial charge in [0, 0.05) is 13.3 Å². The quantitative estimate of drug-likeness (QED) is 0.738. The second-order valence-corrected chi connectivity index (χ2v) is 3.41. The number of nitrogens with zero attached hydrogens (tertiary/aromatic N) is 1. The molecule has 1 rings (SSSR count). The van der Waals surface area contributed by atoms with E-state index in [-0.39, 0.29) is 11.5 Å². The highest BCUT2D eigenvalue weighted by molar-refractivity contribution is 7.13. The summed E-state index contributed by atoms with van der Waals surface area (Å²) in [7, 11) is 1.30. The SMILES string of the molecule is COCC(=O)c1cnc(C(F)(F)F)s1. The number of carbonyl (C=O) groups excluding carboxylic acids is 1. The van der Waals surface area contributed by atoms with Crippen molar-refractivity contribution in [2.75, 3.05) is 13.7 Å². The zero-order chi connectivity index (χ0) is 10.8. The molecule has 14 heavy (non-hydrogen) atoms. The van der Waals surface area contributed by atoms with Gasteiger partial charge in [0.25, 0.3) is 0 Å². The summed E-state index contributed by atoms with van der Waals surface area (Å²) in [4.78, 5) is 14.1. The molecule has 0 atom stereocenters. The van der Waals surface area contributed by atoms with Crippen LogP contribution in [0.2, 0.25) is 0 Å². The van der Waals surface area contributed by atoms with Crippen molar-refractivity contribution < 1.29 is 22.7 Å². The minimum absolute atomic E-state index is 0.0424. The largest absolute Gasteiger partial charge is 0.443 e. The molecule has 0 amide bonds. The van der Waals surface area contributed by atoms with E-state index in [0.29, 0.717) is 11.3 Å². The van der Waals surface area contributed by atoms with Crippen LogP contribution in [0.25, 0.3) is 0 Å². The summed E-state index contributed by atoms with van der Waals surface area (Å²) in [6, 6.07) is 0. The molecule has 0 N–H and O–H groups in total. The Balaban J connectivity index is 2.83. The number of rotatable bonds is 3. The molecule has 0 fully saturated rings. The van der Waals surface area contributed by atoms with Gasteiger partial charge in [0.1, 0.15) is 6.61 Å². The van der Waals surface area contributed by atoms with Crippen molar-refractivity contribution in [3.05, 3.63) is 16.1 Å². The lowest BCUT2D eigenvalue weighted by molar-refractivity contribution is -0.137. The van der Waals surface area contributed by atoms with E-state index < -0.39 is 17.0 Å². The zero-order valence-electron chi connectivity index (χ0n) is 7.09. The lowest BCUT2D eigenvalue weighted by Crippen LogP contribution is -2.04. The minimum atomic E-state index is -4.49. The third-order valence-electron chi connectivity index (χ3n) is 1.30. The zero-order valence-corrected chi connectivity index (χ0v) is 7.91. The van der Waals surface area contributed by atoms with Crippen LogP contribution in [0.4, 0.5) is 13.2 Å². The van der Waals surface area contributed by atoms with E-state index in [1.165, 1.54) is 7.11 Å². The van der Waals surface area contributed by atoms with Crippen LogP contribution in [0.5, 0.6) is 0 Å². The van der Waals surface area contributed by atoms with Crippen LogP contribution in [0.1, 0.15) is 14.7 Å². The van der Waals surface area contributed by atoms with Gasteiger partial charge in [-0.3, -0.25) is 4.79 Å². The first-order valence-corrected chi connectivity index (χ1v) is 4.32. The number of aromatic nitrogens is 1. The van der Waals surface area contributed by atoms with Gasteiger partial charge in [0.2, 0.25) is 0 Å². The van der Waals surface area contributed by atoms with Gasteiger partial charge in [-0.05, 0) is 0 Å². The average molecular weight is 225 g/mol. The minimum Gasteiger partial charge on any atom is -0.376 e. The average Bonchev–Trinajstić information content (AvgIpc) is 2.51. The first-order valence-electron chi connectivity index (χ1n) is 3.50. The molecule has 1 aromatic heterocycles. The Morgan fingerprint density at radius 1 is 1.64 bits per heavy atom. The summed E-state index contributed by atoms with van der Waals surface area (Å²) < 4.78 is 40.7. The molecule has 0 saturated carbocycles. The fraction of sp³-hybridized carbons (Fsp3) is 0.429. The number of halogens is 3. The van der Waals surface area contributed by atoms with Crippen molar-refractivity contribution in [1.82, 2.24) is 4.98 Å². The van der Waals surface area contributed by atoms with Crippen molar-refractivity contribution in [2.45, 2.75) is 6.18 Å². The number of carbonyl (C=O) groups is 1. The van der Waals surface area contributed by atoms with E-state index in [4.69, 9.17) is 0 Å². The molecule has 0 aliphatic rings. The highest BCUT2D eigenvalue weighted by Crippen LogP contribution is 2.32. The van der Waals surface area contributed by atoms with Crippen LogP contribution in [0, 0.1) is 0 Å². The lowest BCUT2D eigenvalue weighted by atomic mass is 10.4. The lowest BCUT2D eigenvalue weighted by Gasteiger charge is -1.98. The van der Waals surface area contributed by atoms with Crippen LogP contribution < -0.4 is 0 Å². The predicted molar refractivity (Wildman–Crippen MR) is 43.3 cm³/mol. The van der Waals surface area contributed by atoms with Gasteiger partial charge in [-0.15, -0.1) is 11.3 Å². The fourth-order valence-corrected chi connectivity index (χ4v) is 1.44. The molecule has 0 spiro atoms. The van der Waals surface area contributed by atoms with Gasteiger partial charge in [-0.2, -0.15) is 13.2 Å². The van der Waals surface area contributed by atoms with Crippen molar-refractivity contribution in [3.8, 4) is 0 Å². The number of hydrogen-bond donors (Lipinski definition) is 0. The van der Waals surface area contributed by atoms with Crippen LogP contribution in [0.15, 0.2) is 6.20 Å². The van der Waals surface area contributed by atoms with Crippen molar-refractivity contribution in [1.29, 1.82) is 0 Å². The summed E-state index contributed by atoms with van der Waals surface area (Å²) in [5, 5.41) is -1.02. The fourth-order valence-electron chi connectivity index (χ4n) is 0.736. The Morgan fingerprint density at radius 2 is 2.29 bits per heavy atom. The van der Waals surface area contributed by atoms with Crippen molar-refractivity contribution in [3.63, 3.8) is 0 Å². The maximum Gasteiger partial charge on any atom is 0.443 e. The van der Waals surface area contributed by atoms with E-state index in [9.17, 15) is 18.0 Å². The third kappa shape index (κ3) is 2.52. The van der Waals surface area contributed by atoms with Gasteiger partial charge in [0.05, 0.1) is 4.88 Å². The number of thiazole rings is 1. The molecule has 1 aromatic rings. The summed E-state index contributed by atoms with van der Waals surface area (Å²) in [6.07, 6.45) is -3.58. The van der Waals surface area contributed by atoms with Gasteiger partial charge >= 0.3 is 6.18 Å². The Bertz CT molecular complexity index is 334. The maximum absolute atomic E-state index is 12.1. The Kier molecular flexibility index (Phi) is 3.22. The Labute approximate surface area is 81.5 Å². The number of ketones is 1. The topological polar surface area (TPSA) is 39.2 Å². The second kappa shape index (κ2) is 4.05. The highest BCUT2D eigenvalue weighted by Gasteiger charge is 2.35. The first kappa shape index (κ1) is 11.1. The molecule has 0 aliphatic heterocycles. The Morgan fingerprint density at radius 3 is 2.71 bits per heavy atom. The van der Waals surface area contributed by atoms with E-state index >= 15 is 0 Å². The number of alkyl halides is 3. The molecule has 0 radical (unpaired) electrons.